The van der Waals surface area contributed by atoms with Gasteiger partial charge in [0, 0.05) is 27.5 Å². The van der Waals surface area contributed by atoms with E-state index in [0.717, 1.165) is 39.5 Å². The molecule has 2 heterocycles. The number of rotatable bonds is 5. The summed E-state index contributed by atoms with van der Waals surface area (Å²) in [5.41, 5.74) is 11.2. The smallest absolute Gasteiger partial charge is 0.0934 e. The molecule has 0 saturated carbocycles. The van der Waals surface area contributed by atoms with E-state index >= 15 is 0 Å². The second kappa shape index (κ2) is 10.1. The van der Waals surface area contributed by atoms with Crippen LogP contribution >= 0.6 is 0 Å². The van der Waals surface area contributed by atoms with Crippen LogP contribution < -0.4 is 0 Å². The number of hydrogen-bond donors (Lipinski definition) is 0. The molecule has 0 amide bonds. The zero-order valence-corrected chi connectivity index (χ0v) is 22.9. The molecule has 8 rings (SSSR count). The van der Waals surface area contributed by atoms with Crippen LogP contribution in [0.4, 0.5) is 0 Å². The maximum Gasteiger partial charge on any atom is 0.0934 e. The highest BCUT2D eigenvalue weighted by molar-refractivity contribution is 6.09. The molecule has 0 fully saturated rings. The van der Waals surface area contributed by atoms with Crippen molar-refractivity contribution in [2.45, 2.75) is 0 Å². The van der Waals surface area contributed by atoms with Crippen molar-refractivity contribution in [1.29, 1.82) is 0 Å². The van der Waals surface area contributed by atoms with Crippen LogP contribution in [-0.2, 0) is 0 Å². The Morgan fingerprint density at radius 1 is 0.429 bits per heavy atom. The predicted octanol–water partition coefficient (Wildman–Crippen LogP) is 9.97. The van der Waals surface area contributed by atoms with Crippen LogP contribution in [0.25, 0.3) is 66.8 Å². The summed E-state index contributed by atoms with van der Waals surface area (Å²) in [6.45, 7) is 0. The largest absolute Gasteiger partial charge is 0.309 e. The summed E-state index contributed by atoms with van der Waals surface area (Å²) in [6.07, 6.45) is 0. The average Bonchev–Trinajstić information content (AvgIpc) is 3.66. The molecule has 198 valence electrons. The maximum atomic E-state index is 5.07. The van der Waals surface area contributed by atoms with Gasteiger partial charge in [0.15, 0.2) is 0 Å². The van der Waals surface area contributed by atoms with Crippen LogP contribution in [0.5, 0.6) is 0 Å². The average molecular weight is 538 g/mol. The fourth-order valence-corrected chi connectivity index (χ4v) is 6.02. The summed E-state index contributed by atoms with van der Waals surface area (Å²) in [4.78, 5) is 0. The number of nitrogens with zero attached hydrogens (tertiary/aromatic N) is 3. The Bertz CT molecular complexity index is 2120. The van der Waals surface area contributed by atoms with Gasteiger partial charge in [-0.25, -0.2) is 4.68 Å². The van der Waals surface area contributed by atoms with E-state index in [0.29, 0.717) is 0 Å². The van der Waals surface area contributed by atoms with Crippen molar-refractivity contribution in [3.8, 4) is 45.0 Å². The van der Waals surface area contributed by atoms with Crippen molar-refractivity contribution < 1.29 is 0 Å². The summed E-state index contributed by atoms with van der Waals surface area (Å²) in [7, 11) is 0. The van der Waals surface area contributed by atoms with E-state index in [1.54, 1.807) is 0 Å². The van der Waals surface area contributed by atoms with E-state index in [9.17, 15) is 0 Å². The Balaban J connectivity index is 1.26. The lowest BCUT2D eigenvalue weighted by Gasteiger charge is -2.15. The number of benzene rings is 6. The second-order valence-electron chi connectivity index (χ2n) is 10.5. The quantitative estimate of drug-likeness (QED) is 0.214. The van der Waals surface area contributed by atoms with Crippen LogP contribution in [0.2, 0.25) is 0 Å². The molecule has 0 spiro atoms. The molecule has 0 saturated heterocycles. The third-order valence-electron chi connectivity index (χ3n) is 8.00. The fourth-order valence-electron chi connectivity index (χ4n) is 6.02. The minimum atomic E-state index is 0.954. The summed E-state index contributed by atoms with van der Waals surface area (Å²) in [5, 5.41) is 7.60. The highest BCUT2D eigenvalue weighted by Gasteiger charge is 2.16. The Kier molecular flexibility index (Phi) is 5.79. The Morgan fingerprint density at radius 3 is 1.64 bits per heavy atom. The van der Waals surface area contributed by atoms with Gasteiger partial charge in [-0.2, -0.15) is 5.10 Å². The van der Waals surface area contributed by atoms with Gasteiger partial charge < -0.3 is 4.57 Å². The van der Waals surface area contributed by atoms with Crippen molar-refractivity contribution in [3.63, 3.8) is 0 Å². The van der Waals surface area contributed by atoms with Crippen molar-refractivity contribution in [2.75, 3.05) is 0 Å². The van der Waals surface area contributed by atoms with Crippen LogP contribution in [0.1, 0.15) is 0 Å². The zero-order valence-electron chi connectivity index (χ0n) is 22.9. The summed E-state index contributed by atoms with van der Waals surface area (Å²) >= 11 is 0. The van der Waals surface area contributed by atoms with Gasteiger partial charge in [-0.1, -0.05) is 127 Å². The summed E-state index contributed by atoms with van der Waals surface area (Å²) in [5.74, 6) is 0. The number of fused-ring (bicyclic) bond motifs is 3. The number of para-hydroxylation sites is 3. The molecule has 2 aromatic heterocycles. The van der Waals surface area contributed by atoms with Gasteiger partial charge in [-0.05, 0) is 42.0 Å². The normalized spacial score (nSPS) is 11.3. The first kappa shape index (κ1) is 24.2. The van der Waals surface area contributed by atoms with Crippen LogP contribution in [0, 0.1) is 0 Å². The van der Waals surface area contributed by atoms with Crippen molar-refractivity contribution in [3.05, 3.63) is 164 Å². The minimum Gasteiger partial charge on any atom is -0.309 e. The SMILES string of the molecule is c1ccc(-c2cc(-c3ccccc3)n(-c3ccc(-c4ccccc4-n4c5ccccc5c5ccccc54)cc3)n2)cc1. The molecular weight excluding hydrogens is 510 g/mol. The third-order valence-corrected chi connectivity index (χ3v) is 8.00. The molecule has 0 atom stereocenters. The van der Waals surface area contributed by atoms with Crippen LogP contribution in [0.15, 0.2) is 164 Å². The molecule has 0 aliphatic rings. The molecule has 0 N–H and O–H groups in total. The van der Waals surface area contributed by atoms with Crippen molar-refractivity contribution in [2.24, 2.45) is 0 Å². The first-order valence-corrected chi connectivity index (χ1v) is 14.2. The van der Waals surface area contributed by atoms with Gasteiger partial charge in [0.1, 0.15) is 0 Å². The Labute approximate surface area is 244 Å². The second-order valence-corrected chi connectivity index (χ2v) is 10.5. The van der Waals surface area contributed by atoms with E-state index < -0.39 is 0 Å². The molecule has 42 heavy (non-hydrogen) atoms. The number of aromatic nitrogens is 3. The third kappa shape index (κ3) is 4.03. The molecular formula is C39H27N3. The highest BCUT2D eigenvalue weighted by atomic mass is 15.3. The monoisotopic (exact) mass is 537 g/mol. The number of hydrogen-bond acceptors (Lipinski definition) is 1. The lowest BCUT2D eigenvalue weighted by Crippen LogP contribution is -2.00. The van der Waals surface area contributed by atoms with Gasteiger partial charge >= 0.3 is 0 Å². The molecule has 3 nitrogen and oxygen atoms in total. The minimum absolute atomic E-state index is 0.954. The molecule has 0 bridgehead atoms. The zero-order chi connectivity index (χ0) is 27.9. The molecule has 8 aromatic rings. The van der Waals surface area contributed by atoms with Crippen LogP contribution in [-0.4, -0.2) is 14.3 Å². The van der Waals surface area contributed by atoms with Gasteiger partial charge in [-0.15, -0.1) is 0 Å². The molecule has 3 heteroatoms. The van der Waals surface area contributed by atoms with Gasteiger partial charge in [-0.3, -0.25) is 0 Å². The first-order chi connectivity index (χ1) is 20.8. The first-order valence-electron chi connectivity index (χ1n) is 14.2. The van der Waals surface area contributed by atoms with E-state index in [2.05, 4.69) is 161 Å². The molecule has 0 aliphatic carbocycles. The van der Waals surface area contributed by atoms with E-state index in [4.69, 9.17) is 5.10 Å². The van der Waals surface area contributed by atoms with E-state index in [1.165, 1.54) is 27.4 Å². The molecule has 6 aromatic carbocycles. The summed E-state index contributed by atoms with van der Waals surface area (Å²) in [6, 6.07) is 57.8. The van der Waals surface area contributed by atoms with E-state index in [1.807, 2.05) is 12.1 Å². The Morgan fingerprint density at radius 2 is 0.976 bits per heavy atom. The fraction of sp³-hybridized carbons (Fsp3) is 0. The van der Waals surface area contributed by atoms with Crippen molar-refractivity contribution >= 4 is 21.8 Å². The van der Waals surface area contributed by atoms with E-state index in [-0.39, 0.29) is 0 Å². The predicted molar refractivity (Wildman–Crippen MR) is 174 cm³/mol. The lowest BCUT2D eigenvalue weighted by atomic mass is 10.0. The highest BCUT2D eigenvalue weighted by Crippen LogP contribution is 2.36. The standard InChI is InChI=1S/C39H27N3/c1-3-13-29(14-4-1)35-27-39(30-15-5-2-6-16-30)42(40-35)31-25-23-28(24-26-31)32-17-7-10-20-36(32)41-37-21-11-8-18-33(37)34-19-9-12-22-38(34)41/h1-27H. The molecule has 0 radical (unpaired) electrons. The maximum absolute atomic E-state index is 5.07. The summed E-state index contributed by atoms with van der Waals surface area (Å²) < 4.78 is 4.45. The molecule has 0 aliphatic heterocycles. The van der Waals surface area contributed by atoms with Gasteiger partial charge in [0.2, 0.25) is 0 Å². The molecule has 0 unspecified atom stereocenters. The van der Waals surface area contributed by atoms with Crippen molar-refractivity contribution in [1.82, 2.24) is 14.3 Å². The van der Waals surface area contributed by atoms with Gasteiger partial charge in [0.25, 0.3) is 0 Å². The topological polar surface area (TPSA) is 22.8 Å². The lowest BCUT2D eigenvalue weighted by molar-refractivity contribution is 0.892. The Hall–Kier alpha value is -5.67. The van der Waals surface area contributed by atoms with Crippen LogP contribution in [0.3, 0.4) is 0 Å². The van der Waals surface area contributed by atoms with Gasteiger partial charge in [0.05, 0.1) is 33.8 Å².